The monoisotopic (exact) mass is 404 g/mol. The Bertz CT molecular complexity index is 1120. The van der Waals surface area contributed by atoms with E-state index < -0.39 is 22.7 Å². The number of carbonyl (C=O) groups excluding carboxylic acids is 2. The van der Waals surface area contributed by atoms with Crippen LogP contribution in [0.3, 0.4) is 0 Å². The molecule has 0 unspecified atom stereocenters. The smallest absolute Gasteiger partial charge is 0.325 e. The average Bonchev–Trinajstić information content (AvgIpc) is 2.90. The predicted molar refractivity (Wildman–Crippen MR) is 101 cm³/mol. The van der Waals surface area contributed by atoms with E-state index in [9.17, 15) is 22.8 Å². The molecule has 0 fully saturated rings. The van der Waals surface area contributed by atoms with Crippen LogP contribution in [0.2, 0.25) is 5.02 Å². The van der Waals surface area contributed by atoms with E-state index in [1.807, 2.05) is 12.1 Å². The summed E-state index contributed by atoms with van der Waals surface area (Å²) in [6.45, 7) is -0.323. The third kappa shape index (κ3) is 3.07. The lowest BCUT2D eigenvalue weighted by Crippen LogP contribution is -2.35. The second-order valence-corrected chi connectivity index (χ2v) is 6.72. The molecule has 0 saturated carbocycles. The van der Waals surface area contributed by atoms with Crippen molar-refractivity contribution in [1.82, 2.24) is 0 Å². The van der Waals surface area contributed by atoms with Gasteiger partial charge in [0, 0.05) is 16.6 Å². The minimum absolute atomic E-state index is 0.0518. The van der Waals surface area contributed by atoms with E-state index in [0.29, 0.717) is 11.3 Å². The van der Waals surface area contributed by atoms with Gasteiger partial charge in [-0.15, -0.1) is 0 Å². The molecule has 4 rings (SSSR count). The van der Waals surface area contributed by atoms with Gasteiger partial charge in [0.15, 0.2) is 0 Å². The van der Waals surface area contributed by atoms with Crippen LogP contribution in [0.25, 0.3) is 10.8 Å². The van der Waals surface area contributed by atoms with Crippen LogP contribution >= 0.6 is 11.6 Å². The van der Waals surface area contributed by atoms with Crippen molar-refractivity contribution in [1.29, 1.82) is 0 Å². The minimum atomic E-state index is -4.64. The van der Waals surface area contributed by atoms with Gasteiger partial charge in [0.25, 0.3) is 5.91 Å². The highest BCUT2D eigenvalue weighted by molar-refractivity contribution is 6.31. The van der Waals surface area contributed by atoms with Crippen molar-refractivity contribution in [3.8, 4) is 0 Å². The molecule has 0 aromatic heterocycles. The lowest BCUT2D eigenvalue weighted by molar-refractivity contribution is -0.137. The number of alkyl halides is 3. The van der Waals surface area contributed by atoms with Crippen molar-refractivity contribution in [2.24, 2.45) is 0 Å². The number of nitrogens with one attached hydrogen (secondary N) is 1. The molecule has 28 heavy (non-hydrogen) atoms. The molecule has 3 aromatic carbocycles. The van der Waals surface area contributed by atoms with Gasteiger partial charge in [-0.3, -0.25) is 14.5 Å². The molecule has 0 radical (unpaired) electrons. The molecular weight excluding hydrogens is 393 g/mol. The van der Waals surface area contributed by atoms with Crippen LogP contribution in [-0.2, 0) is 11.0 Å². The Morgan fingerprint density at radius 2 is 1.79 bits per heavy atom. The first-order chi connectivity index (χ1) is 13.3. The third-order valence-electron chi connectivity index (χ3n) is 4.51. The zero-order chi connectivity index (χ0) is 20.1. The topological polar surface area (TPSA) is 49.4 Å². The second kappa shape index (κ2) is 6.53. The normalized spacial score (nSPS) is 13.3. The summed E-state index contributed by atoms with van der Waals surface area (Å²) in [7, 11) is 0. The molecule has 2 amide bonds. The van der Waals surface area contributed by atoms with E-state index in [4.69, 9.17) is 11.6 Å². The van der Waals surface area contributed by atoms with E-state index in [0.717, 1.165) is 22.9 Å². The Morgan fingerprint density at radius 1 is 1.07 bits per heavy atom. The van der Waals surface area contributed by atoms with Gasteiger partial charge in [0.1, 0.15) is 6.54 Å². The van der Waals surface area contributed by atoms with Gasteiger partial charge in [-0.1, -0.05) is 35.9 Å². The molecule has 4 nitrogen and oxygen atoms in total. The molecule has 0 saturated heterocycles. The van der Waals surface area contributed by atoms with Crippen LogP contribution < -0.4 is 10.2 Å². The maximum Gasteiger partial charge on any atom is 0.417 e. The number of nitrogens with zero attached hydrogens (tertiary/aromatic N) is 1. The summed E-state index contributed by atoms with van der Waals surface area (Å²) in [5, 5.41) is 3.57. The number of anilines is 2. The number of hydrogen-bond acceptors (Lipinski definition) is 2. The van der Waals surface area contributed by atoms with Gasteiger partial charge >= 0.3 is 6.18 Å². The van der Waals surface area contributed by atoms with E-state index in [2.05, 4.69) is 5.32 Å². The standard InChI is InChI=1S/C20H12ClF3N2O2/c21-15-8-7-12(9-14(15)20(22,23)24)25-17(27)10-26-16-6-2-4-11-3-1-5-13(18(11)16)19(26)28/h1-9H,10H2,(H,25,27). The fourth-order valence-electron chi connectivity index (χ4n) is 3.30. The zero-order valence-corrected chi connectivity index (χ0v) is 14.9. The Hall–Kier alpha value is -3.06. The number of halogens is 4. The fraction of sp³-hybridized carbons (Fsp3) is 0.100. The van der Waals surface area contributed by atoms with Crippen molar-refractivity contribution < 1.29 is 22.8 Å². The summed E-state index contributed by atoms with van der Waals surface area (Å²) >= 11 is 5.59. The number of benzene rings is 3. The largest absolute Gasteiger partial charge is 0.417 e. The molecule has 1 aliphatic heterocycles. The van der Waals surface area contributed by atoms with Crippen LogP contribution in [-0.4, -0.2) is 18.4 Å². The maximum atomic E-state index is 13.0. The molecule has 0 spiro atoms. The second-order valence-electron chi connectivity index (χ2n) is 6.31. The van der Waals surface area contributed by atoms with Crippen molar-refractivity contribution in [2.75, 3.05) is 16.8 Å². The van der Waals surface area contributed by atoms with E-state index in [1.54, 1.807) is 24.3 Å². The van der Waals surface area contributed by atoms with Crippen molar-refractivity contribution in [2.45, 2.75) is 6.18 Å². The summed E-state index contributed by atoms with van der Waals surface area (Å²) in [6.07, 6.45) is -4.64. The first-order valence-corrected chi connectivity index (χ1v) is 8.64. The Morgan fingerprint density at radius 3 is 2.50 bits per heavy atom. The minimum Gasteiger partial charge on any atom is -0.325 e. The molecule has 3 aromatic rings. The number of carbonyl (C=O) groups is 2. The number of amides is 2. The molecule has 0 aliphatic carbocycles. The molecule has 0 bridgehead atoms. The van der Waals surface area contributed by atoms with Gasteiger partial charge in [0.05, 0.1) is 16.3 Å². The molecule has 0 atom stereocenters. The Kier molecular flexibility index (Phi) is 4.27. The first-order valence-electron chi connectivity index (χ1n) is 8.26. The summed E-state index contributed by atoms with van der Waals surface area (Å²) in [6, 6.07) is 13.8. The average molecular weight is 405 g/mol. The summed E-state index contributed by atoms with van der Waals surface area (Å²) < 4.78 is 38.9. The molecule has 142 valence electrons. The van der Waals surface area contributed by atoms with Crippen molar-refractivity contribution in [3.05, 3.63) is 70.7 Å². The summed E-state index contributed by atoms with van der Waals surface area (Å²) in [5.74, 6) is -0.942. The van der Waals surface area contributed by atoms with Crippen molar-refractivity contribution in [3.63, 3.8) is 0 Å². The Labute approximate surface area is 162 Å². The highest BCUT2D eigenvalue weighted by Crippen LogP contribution is 2.38. The van der Waals surface area contributed by atoms with Crippen LogP contribution in [0.1, 0.15) is 15.9 Å². The fourth-order valence-corrected chi connectivity index (χ4v) is 3.53. The molecular formula is C20H12ClF3N2O2. The summed E-state index contributed by atoms with van der Waals surface area (Å²) in [5.41, 5.74) is -0.00225. The zero-order valence-electron chi connectivity index (χ0n) is 14.2. The Balaban J connectivity index is 1.58. The van der Waals surface area contributed by atoms with Gasteiger partial charge in [-0.25, -0.2) is 0 Å². The predicted octanol–water partition coefficient (Wildman–Crippen LogP) is 5.11. The molecule has 1 aliphatic rings. The number of hydrogen-bond donors (Lipinski definition) is 1. The van der Waals surface area contributed by atoms with Crippen LogP contribution in [0, 0.1) is 0 Å². The van der Waals surface area contributed by atoms with Gasteiger partial charge in [-0.2, -0.15) is 13.2 Å². The molecule has 8 heteroatoms. The quantitative estimate of drug-likeness (QED) is 0.659. The van der Waals surface area contributed by atoms with Crippen LogP contribution in [0.4, 0.5) is 24.5 Å². The first kappa shape index (κ1) is 18.3. The highest BCUT2D eigenvalue weighted by atomic mass is 35.5. The van der Waals surface area contributed by atoms with Crippen molar-refractivity contribution >= 4 is 45.6 Å². The van der Waals surface area contributed by atoms with E-state index >= 15 is 0 Å². The lowest BCUT2D eigenvalue weighted by atomic mass is 10.1. The highest BCUT2D eigenvalue weighted by Gasteiger charge is 2.34. The van der Waals surface area contributed by atoms with Crippen LogP contribution in [0.5, 0.6) is 0 Å². The van der Waals surface area contributed by atoms with E-state index in [1.165, 1.54) is 11.0 Å². The van der Waals surface area contributed by atoms with Gasteiger partial charge < -0.3 is 5.32 Å². The van der Waals surface area contributed by atoms with Gasteiger partial charge in [0.2, 0.25) is 5.91 Å². The third-order valence-corrected chi connectivity index (χ3v) is 4.84. The summed E-state index contributed by atoms with van der Waals surface area (Å²) in [4.78, 5) is 26.4. The molecule has 1 heterocycles. The molecule has 1 N–H and O–H groups in total. The van der Waals surface area contributed by atoms with Crippen LogP contribution in [0.15, 0.2) is 54.6 Å². The number of rotatable bonds is 3. The van der Waals surface area contributed by atoms with E-state index in [-0.39, 0.29) is 18.1 Å². The lowest BCUT2D eigenvalue weighted by Gasteiger charge is -2.18. The maximum absolute atomic E-state index is 13.0. The SMILES string of the molecule is O=C(CN1C(=O)c2cccc3cccc1c23)Nc1ccc(Cl)c(C(F)(F)F)c1. The van der Waals surface area contributed by atoms with Gasteiger partial charge in [-0.05, 0) is 35.7 Å².